The molecule has 1 saturated heterocycles. The molecule has 2 aromatic heterocycles. The Bertz CT molecular complexity index is 915. The van der Waals surface area contributed by atoms with Gasteiger partial charge < -0.3 is 9.80 Å². The highest BCUT2D eigenvalue weighted by Crippen LogP contribution is 2.24. The van der Waals surface area contributed by atoms with Gasteiger partial charge in [-0.25, -0.2) is 19.9 Å². The second-order valence-electron chi connectivity index (χ2n) is 6.50. The minimum atomic E-state index is 0.913. The van der Waals surface area contributed by atoms with Crippen LogP contribution in [0.3, 0.4) is 0 Å². The number of rotatable bonds is 2. The van der Waals surface area contributed by atoms with Gasteiger partial charge in [-0.3, -0.25) is 0 Å². The summed E-state index contributed by atoms with van der Waals surface area (Å²) >= 11 is 0. The highest BCUT2D eigenvalue weighted by Gasteiger charge is 2.22. The van der Waals surface area contributed by atoms with Crippen LogP contribution in [-0.2, 0) is 0 Å². The normalized spacial score (nSPS) is 15.0. The highest BCUT2D eigenvalue weighted by atomic mass is 15.3. The predicted molar refractivity (Wildman–Crippen MR) is 100 cm³/mol. The van der Waals surface area contributed by atoms with Crippen LogP contribution in [0.25, 0.3) is 11.0 Å². The Morgan fingerprint density at radius 3 is 2.00 bits per heavy atom. The van der Waals surface area contributed by atoms with Gasteiger partial charge in [-0.15, -0.1) is 0 Å². The number of anilines is 2. The molecular formula is C19H22N6. The van der Waals surface area contributed by atoms with Crippen LogP contribution in [0.15, 0.2) is 30.6 Å². The molecule has 25 heavy (non-hydrogen) atoms. The topological polar surface area (TPSA) is 58.0 Å². The lowest BCUT2D eigenvalue weighted by atomic mass is 10.2. The molecule has 0 N–H and O–H groups in total. The van der Waals surface area contributed by atoms with Crippen molar-refractivity contribution in [2.24, 2.45) is 0 Å². The van der Waals surface area contributed by atoms with Crippen molar-refractivity contribution in [2.45, 2.75) is 20.8 Å². The number of aromatic nitrogens is 4. The maximum atomic E-state index is 4.85. The zero-order chi connectivity index (χ0) is 17.4. The van der Waals surface area contributed by atoms with Crippen LogP contribution < -0.4 is 9.80 Å². The van der Waals surface area contributed by atoms with Crippen LogP contribution >= 0.6 is 0 Å². The SMILES string of the molecule is Cc1nc2ccccc2nc1N1CCN(c2ncnc(C)c2C)CC1. The third-order valence-corrected chi connectivity index (χ3v) is 4.91. The predicted octanol–water partition coefficient (Wildman–Crippen LogP) is 2.67. The average molecular weight is 334 g/mol. The van der Waals surface area contributed by atoms with Crippen LogP contribution in [-0.4, -0.2) is 46.1 Å². The number of aryl methyl sites for hydroxylation is 2. The van der Waals surface area contributed by atoms with Crippen molar-refractivity contribution < 1.29 is 0 Å². The first-order chi connectivity index (χ1) is 12.1. The molecule has 0 atom stereocenters. The summed E-state index contributed by atoms with van der Waals surface area (Å²) < 4.78 is 0. The first-order valence-corrected chi connectivity index (χ1v) is 8.65. The van der Waals surface area contributed by atoms with Gasteiger partial charge >= 0.3 is 0 Å². The van der Waals surface area contributed by atoms with E-state index in [1.165, 1.54) is 0 Å². The smallest absolute Gasteiger partial charge is 0.150 e. The zero-order valence-electron chi connectivity index (χ0n) is 14.9. The molecule has 3 aromatic rings. The molecule has 0 spiro atoms. The van der Waals surface area contributed by atoms with Crippen molar-refractivity contribution in [3.8, 4) is 0 Å². The van der Waals surface area contributed by atoms with Gasteiger partial charge in [0, 0.05) is 37.4 Å². The molecule has 0 saturated carbocycles. The van der Waals surface area contributed by atoms with Gasteiger partial charge in [0.1, 0.15) is 12.1 Å². The largest absolute Gasteiger partial charge is 0.353 e. The van der Waals surface area contributed by atoms with Gasteiger partial charge in [0.25, 0.3) is 0 Å². The number of benzene rings is 1. The Labute approximate surface area is 147 Å². The summed E-state index contributed by atoms with van der Waals surface area (Å²) in [6.45, 7) is 9.84. The van der Waals surface area contributed by atoms with Gasteiger partial charge in [-0.05, 0) is 32.9 Å². The second-order valence-corrected chi connectivity index (χ2v) is 6.50. The Kier molecular flexibility index (Phi) is 3.95. The molecule has 128 valence electrons. The van der Waals surface area contributed by atoms with Crippen molar-refractivity contribution in [1.82, 2.24) is 19.9 Å². The maximum absolute atomic E-state index is 4.85. The lowest BCUT2D eigenvalue weighted by molar-refractivity contribution is 0.637. The first kappa shape index (κ1) is 15.7. The lowest BCUT2D eigenvalue weighted by Crippen LogP contribution is -2.47. The molecule has 1 fully saturated rings. The fraction of sp³-hybridized carbons (Fsp3) is 0.368. The van der Waals surface area contributed by atoms with E-state index in [4.69, 9.17) is 9.97 Å². The Morgan fingerprint density at radius 1 is 0.720 bits per heavy atom. The van der Waals surface area contributed by atoms with E-state index in [1.807, 2.05) is 38.1 Å². The summed E-state index contributed by atoms with van der Waals surface area (Å²) in [7, 11) is 0. The van der Waals surface area contributed by atoms with Crippen LogP contribution in [0.1, 0.15) is 17.0 Å². The van der Waals surface area contributed by atoms with Crippen molar-refractivity contribution in [3.05, 3.63) is 47.5 Å². The van der Waals surface area contributed by atoms with E-state index in [9.17, 15) is 0 Å². The van der Waals surface area contributed by atoms with Crippen molar-refractivity contribution in [1.29, 1.82) is 0 Å². The fourth-order valence-corrected chi connectivity index (χ4v) is 3.35. The molecule has 0 unspecified atom stereocenters. The molecular weight excluding hydrogens is 312 g/mol. The molecule has 3 heterocycles. The maximum Gasteiger partial charge on any atom is 0.150 e. The standard InChI is InChI=1S/C19H22N6/c1-13-14(2)20-12-21-18(13)24-8-10-25(11-9-24)19-15(3)22-16-6-4-5-7-17(16)23-19/h4-7,12H,8-11H2,1-3H3. The second kappa shape index (κ2) is 6.27. The molecule has 0 radical (unpaired) electrons. The zero-order valence-corrected chi connectivity index (χ0v) is 14.9. The Balaban J connectivity index is 1.56. The van der Waals surface area contributed by atoms with Gasteiger partial charge in [0.15, 0.2) is 5.82 Å². The minimum Gasteiger partial charge on any atom is -0.353 e. The van der Waals surface area contributed by atoms with Gasteiger partial charge in [0.2, 0.25) is 0 Å². The van der Waals surface area contributed by atoms with Crippen LogP contribution in [0.5, 0.6) is 0 Å². The molecule has 1 aliphatic heterocycles. The summed E-state index contributed by atoms with van der Waals surface area (Å²) in [6, 6.07) is 8.04. The fourth-order valence-electron chi connectivity index (χ4n) is 3.35. The summed E-state index contributed by atoms with van der Waals surface area (Å²) in [5, 5.41) is 0. The van der Waals surface area contributed by atoms with Crippen molar-refractivity contribution >= 4 is 22.7 Å². The summed E-state index contributed by atoms with van der Waals surface area (Å²) in [4.78, 5) is 23.0. The molecule has 4 rings (SSSR count). The van der Waals surface area contributed by atoms with Crippen molar-refractivity contribution in [3.63, 3.8) is 0 Å². The van der Waals surface area contributed by atoms with E-state index in [0.717, 1.165) is 65.8 Å². The summed E-state index contributed by atoms with van der Waals surface area (Å²) in [5.74, 6) is 2.04. The molecule has 0 bridgehead atoms. The molecule has 6 nitrogen and oxygen atoms in total. The summed E-state index contributed by atoms with van der Waals surface area (Å²) in [5.41, 5.74) is 5.10. The number of para-hydroxylation sites is 2. The van der Waals surface area contributed by atoms with E-state index in [2.05, 4.69) is 26.7 Å². The lowest BCUT2D eigenvalue weighted by Gasteiger charge is -2.37. The number of fused-ring (bicyclic) bond motifs is 1. The average Bonchev–Trinajstić information content (AvgIpc) is 2.64. The Morgan fingerprint density at radius 2 is 1.32 bits per heavy atom. The van der Waals surface area contributed by atoms with Gasteiger partial charge in [0.05, 0.1) is 16.7 Å². The van der Waals surface area contributed by atoms with E-state index in [0.29, 0.717) is 0 Å². The third kappa shape index (κ3) is 2.88. The highest BCUT2D eigenvalue weighted by molar-refractivity contribution is 5.76. The van der Waals surface area contributed by atoms with Gasteiger partial charge in [-0.1, -0.05) is 12.1 Å². The first-order valence-electron chi connectivity index (χ1n) is 8.65. The molecule has 1 aromatic carbocycles. The van der Waals surface area contributed by atoms with Crippen LogP contribution in [0.2, 0.25) is 0 Å². The van der Waals surface area contributed by atoms with Crippen LogP contribution in [0, 0.1) is 20.8 Å². The molecule has 0 amide bonds. The Hall–Kier alpha value is -2.76. The quantitative estimate of drug-likeness (QED) is 0.718. The van der Waals surface area contributed by atoms with E-state index in [1.54, 1.807) is 6.33 Å². The number of hydrogen-bond donors (Lipinski definition) is 0. The van der Waals surface area contributed by atoms with Gasteiger partial charge in [-0.2, -0.15) is 0 Å². The monoisotopic (exact) mass is 334 g/mol. The molecule has 1 aliphatic rings. The number of nitrogens with zero attached hydrogens (tertiary/aromatic N) is 6. The molecule has 6 heteroatoms. The number of hydrogen-bond acceptors (Lipinski definition) is 6. The van der Waals surface area contributed by atoms with E-state index < -0.39 is 0 Å². The van der Waals surface area contributed by atoms with Crippen molar-refractivity contribution in [2.75, 3.05) is 36.0 Å². The summed E-state index contributed by atoms with van der Waals surface area (Å²) in [6.07, 6.45) is 1.66. The number of piperazine rings is 1. The third-order valence-electron chi connectivity index (χ3n) is 4.91. The van der Waals surface area contributed by atoms with E-state index >= 15 is 0 Å². The van der Waals surface area contributed by atoms with E-state index in [-0.39, 0.29) is 0 Å². The minimum absolute atomic E-state index is 0.913. The van der Waals surface area contributed by atoms with Crippen LogP contribution in [0.4, 0.5) is 11.6 Å². The molecule has 0 aliphatic carbocycles.